The first kappa shape index (κ1) is 12.0. The van der Waals surface area contributed by atoms with E-state index < -0.39 is 0 Å². The third kappa shape index (κ3) is 3.60. The first-order valence-electron chi connectivity index (χ1n) is 5.55. The van der Waals surface area contributed by atoms with Gasteiger partial charge in [0.25, 0.3) is 0 Å². The van der Waals surface area contributed by atoms with Gasteiger partial charge in [0.1, 0.15) is 0 Å². The predicted molar refractivity (Wildman–Crippen MR) is 62.5 cm³/mol. The summed E-state index contributed by atoms with van der Waals surface area (Å²) in [5.74, 6) is 1.71. The molecule has 14 heavy (non-hydrogen) atoms. The maximum absolute atomic E-state index is 11.5. The van der Waals surface area contributed by atoms with Gasteiger partial charge in [0.2, 0.25) is 5.91 Å². The minimum absolute atomic E-state index is 0.0127. The van der Waals surface area contributed by atoms with Gasteiger partial charge in [-0.25, -0.2) is 0 Å². The van der Waals surface area contributed by atoms with Gasteiger partial charge in [-0.3, -0.25) is 4.79 Å². The molecule has 1 fully saturated rings. The van der Waals surface area contributed by atoms with Crippen LogP contribution in [-0.4, -0.2) is 17.3 Å². The van der Waals surface area contributed by atoms with Gasteiger partial charge in [-0.2, -0.15) is 0 Å². The average Bonchev–Trinajstić information content (AvgIpc) is 2.59. The molecule has 0 aromatic carbocycles. The summed E-state index contributed by atoms with van der Waals surface area (Å²) < 4.78 is 0. The van der Waals surface area contributed by atoms with E-state index in [2.05, 4.69) is 28.2 Å². The van der Waals surface area contributed by atoms with Crippen LogP contribution in [0.3, 0.4) is 0 Å². The highest BCUT2D eigenvalue weighted by Gasteiger charge is 2.22. The van der Waals surface area contributed by atoms with E-state index in [-0.39, 0.29) is 10.7 Å². The summed E-state index contributed by atoms with van der Waals surface area (Å²) in [5, 5.41) is 3.01. The lowest BCUT2D eigenvalue weighted by molar-refractivity contribution is -0.120. The molecule has 3 heteroatoms. The minimum Gasteiger partial charge on any atom is -0.355 e. The van der Waals surface area contributed by atoms with Crippen molar-refractivity contribution in [3.05, 3.63) is 0 Å². The molecule has 3 unspecified atom stereocenters. The van der Waals surface area contributed by atoms with E-state index in [9.17, 15) is 4.79 Å². The van der Waals surface area contributed by atoms with Crippen molar-refractivity contribution in [2.24, 2.45) is 11.8 Å². The number of nitrogens with one attached hydrogen (secondary N) is 1. The number of amides is 1. The molecule has 3 atom stereocenters. The van der Waals surface area contributed by atoms with Crippen LogP contribution in [0.1, 0.15) is 39.5 Å². The van der Waals surface area contributed by atoms with Crippen molar-refractivity contribution in [3.63, 3.8) is 0 Å². The summed E-state index contributed by atoms with van der Waals surface area (Å²) in [6.45, 7) is 5.17. The predicted octanol–water partition coefficient (Wildman–Crippen LogP) is 2.71. The molecule has 1 saturated carbocycles. The summed E-state index contributed by atoms with van der Waals surface area (Å²) in [6, 6.07) is 0. The number of hydrogen-bond donors (Lipinski definition) is 1. The molecule has 0 spiro atoms. The van der Waals surface area contributed by atoms with Gasteiger partial charge in [-0.05, 0) is 31.1 Å². The Morgan fingerprint density at radius 3 is 2.79 bits per heavy atom. The third-order valence-electron chi connectivity index (χ3n) is 3.01. The molecule has 82 valence electrons. The van der Waals surface area contributed by atoms with E-state index in [0.717, 1.165) is 18.9 Å². The topological polar surface area (TPSA) is 29.1 Å². The SMILES string of the molecule is CCC(Br)C(=O)NCC1CCC(C)C1. The summed E-state index contributed by atoms with van der Waals surface area (Å²) in [7, 11) is 0. The van der Waals surface area contributed by atoms with E-state index >= 15 is 0 Å². The van der Waals surface area contributed by atoms with Crippen molar-refractivity contribution in [1.82, 2.24) is 5.32 Å². The van der Waals surface area contributed by atoms with E-state index in [0.29, 0.717) is 5.92 Å². The van der Waals surface area contributed by atoms with Crippen LogP contribution in [0.2, 0.25) is 0 Å². The van der Waals surface area contributed by atoms with Crippen LogP contribution < -0.4 is 5.32 Å². The van der Waals surface area contributed by atoms with Crippen LogP contribution in [0.5, 0.6) is 0 Å². The highest BCUT2D eigenvalue weighted by Crippen LogP contribution is 2.29. The molecule has 0 aromatic heterocycles. The number of carbonyl (C=O) groups is 1. The summed E-state index contributed by atoms with van der Waals surface area (Å²) in [6.07, 6.45) is 4.73. The fourth-order valence-corrected chi connectivity index (χ4v) is 2.21. The molecule has 1 amide bonds. The number of carbonyl (C=O) groups excluding carboxylic acids is 1. The van der Waals surface area contributed by atoms with Crippen molar-refractivity contribution >= 4 is 21.8 Å². The van der Waals surface area contributed by atoms with Crippen LogP contribution in [0.25, 0.3) is 0 Å². The van der Waals surface area contributed by atoms with Crippen LogP contribution in [-0.2, 0) is 4.79 Å². The fraction of sp³-hybridized carbons (Fsp3) is 0.909. The van der Waals surface area contributed by atoms with Gasteiger partial charge in [0.15, 0.2) is 0 Å². The molecule has 1 aliphatic carbocycles. The van der Waals surface area contributed by atoms with Crippen molar-refractivity contribution in [2.75, 3.05) is 6.54 Å². The van der Waals surface area contributed by atoms with Gasteiger partial charge in [0.05, 0.1) is 4.83 Å². The second-order valence-electron chi connectivity index (χ2n) is 4.41. The highest BCUT2D eigenvalue weighted by atomic mass is 79.9. The molecule has 0 bridgehead atoms. The fourth-order valence-electron chi connectivity index (χ4n) is 2.05. The smallest absolute Gasteiger partial charge is 0.233 e. The number of hydrogen-bond acceptors (Lipinski definition) is 1. The van der Waals surface area contributed by atoms with E-state index in [1.54, 1.807) is 0 Å². The van der Waals surface area contributed by atoms with E-state index in [4.69, 9.17) is 0 Å². The van der Waals surface area contributed by atoms with Crippen molar-refractivity contribution < 1.29 is 4.79 Å². The third-order valence-corrected chi connectivity index (χ3v) is 4.07. The summed E-state index contributed by atoms with van der Waals surface area (Å²) in [4.78, 5) is 11.4. The van der Waals surface area contributed by atoms with E-state index in [1.165, 1.54) is 19.3 Å². The molecular formula is C11H20BrNO. The first-order valence-corrected chi connectivity index (χ1v) is 6.46. The minimum atomic E-state index is -0.0127. The Morgan fingerprint density at radius 1 is 1.57 bits per heavy atom. The molecule has 0 aliphatic heterocycles. The molecular weight excluding hydrogens is 242 g/mol. The number of rotatable bonds is 4. The van der Waals surface area contributed by atoms with Crippen LogP contribution in [0.15, 0.2) is 0 Å². The summed E-state index contributed by atoms with van der Waals surface area (Å²) >= 11 is 3.35. The monoisotopic (exact) mass is 261 g/mol. The molecule has 0 saturated heterocycles. The van der Waals surface area contributed by atoms with Crippen LogP contribution >= 0.6 is 15.9 Å². The molecule has 2 nitrogen and oxygen atoms in total. The van der Waals surface area contributed by atoms with Gasteiger partial charge in [-0.1, -0.05) is 36.2 Å². The number of halogens is 1. The molecule has 1 aliphatic rings. The largest absolute Gasteiger partial charge is 0.355 e. The quantitative estimate of drug-likeness (QED) is 0.775. The lowest BCUT2D eigenvalue weighted by Crippen LogP contribution is -2.34. The standard InChI is InChI=1S/C11H20BrNO/c1-3-10(12)11(14)13-7-9-5-4-8(2)6-9/h8-10H,3-7H2,1-2H3,(H,13,14). The lowest BCUT2D eigenvalue weighted by Gasteiger charge is -2.13. The Hall–Kier alpha value is -0.0500. The Morgan fingerprint density at radius 2 is 2.29 bits per heavy atom. The molecule has 1 rings (SSSR count). The summed E-state index contributed by atoms with van der Waals surface area (Å²) in [5.41, 5.74) is 0. The Balaban J connectivity index is 2.17. The zero-order valence-corrected chi connectivity index (χ0v) is 10.6. The van der Waals surface area contributed by atoms with Gasteiger partial charge in [0, 0.05) is 6.54 Å². The zero-order valence-electron chi connectivity index (χ0n) is 9.05. The van der Waals surface area contributed by atoms with Crippen molar-refractivity contribution in [1.29, 1.82) is 0 Å². The van der Waals surface area contributed by atoms with Gasteiger partial charge >= 0.3 is 0 Å². The maximum atomic E-state index is 11.5. The number of alkyl halides is 1. The Kier molecular flexibility index (Phi) is 4.93. The second kappa shape index (κ2) is 5.74. The molecule has 0 radical (unpaired) electrons. The first-order chi connectivity index (χ1) is 6.63. The van der Waals surface area contributed by atoms with Crippen LogP contribution in [0, 0.1) is 11.8 Å². The van der Waals surface area contributed by atoms with Crippen molar-refractivity contribution in [2.45, 2.75) is 44.4 Å². The maximum Gasteiger partial charge on any atom is 0.233 e. The van der Waals surface area contributed by atoms with Gasteiger partial charge < -0.3 is 5.32 Å². The molecule has 0 aromatic rings. The second-order valence-corrected chi connectivity index (χ2v) is 5.51. The molecule has 0 heterocycles. The normalized spacial score (nSPS) is 28.8. The average molecular weight is 262 g/mol. The highest BCUT2D eigenvalue weighted by molar-refractivity contribution is 9.10. The lowest BCUT2D eigenvalue weighted by atomic mass is 10.1. The van der Waals surface area contributed by atoms with Crippen LogP contribution in [0.4, 0.5) is 0 Å². The van der Waals surface area contributed by atoms with E-state index in [1.807, 2.05) is 6.92 Å². The zero-order chi connectivity index (χ0) is 10.6. The molecule has 1 N–H and O–H groups in total. The van der Waals surface area contributed by atoms with Gasteiger partial charge in [-0.15, -0.1) is 0 Å². The Labute approximate surface area is 95.0 Å². The van der Waals surface area contributed by atoms with Crippen molar-refractivity contribution in [3.8, 4) is 0 Å². The Bertz CT molecular complexity index is 196.